The highest BCUT2D eigenvalue weighted by Gasteiger charge is 2.19. The van der Waals surface area contributed by atoms with E-state index in [-0.39, 0.29) is 18.6 Å². The third-order valence-corrected chi connectivity index (χ3v) is 5.07. The quantitative estimate of drug-likeness (QED) is 0.521. The first-order chi connectivity index (χ1) is 12.3. The highest BCUT2D eigenvalue weighted by atomic mass is 16.5. The van der Waals surface area contributed by atoms with Crippen molar-refractivity contribution in [3.63, 3.8) is 0 Å². The second-order valence-electron chi connectivity index (χ2n) is 6.75. The number of rotatable bonds is 4. The summed E-state index contributed by atoms with van der Waals surface area (Å²) in [6.07, 6.45) is 6.38. The Morgan fingerprint density at radius 3 is 2.60 bits per heavy atom. The number of hydrogen-bond acceptors (Lipinski definition) is 3. The predicted octanol–water partition coefficient (Wildman–Crippen LogP) is 4.48. The first-order valence-corrected chi connectivity index (χ1v) is 8.92. The minimum atomic E-state index is -0.186. The molecular weight excluding hydrogens is 314 g/mol. The molecule has 4 heteroatoms. The lowest BCUT2D eigenvalue weighted by Gasteiger charge is -2.22. The highest BCUT2D eigenvalue weighted by Crippen LogP contribution is 2.30. The largest absolute Gasteiger partial charge is 0.461 e. The molecule has 0 unspecified atom stereocenters. The van der Waals surface area contributed by atoms with Crippen molar-refractivity contribution >= 4 is 34.1 Å². The fraction of sp³-hybridized carbons (Fsp3) is 0.333. The number of carbonyl (C=O) groups is 2. The Labute approximate surface area is 146 Å². The van der Waals surface area contributed by atoms with E-state index in [4.69, 9.17) is 4.74 Å². The molecule has 4 nitrogen and oxygen atoms in total. The summed E-state index contributed by atoms with van der Waals surface area (Å²) in [7, 11) is 0. The topological polar surface area (TPSA) is 48.3 Å². The second kappa shape index (κ2) is 6.71. The maximum absolute atomic E-state index is 12.5. The molecule has 3 aromatic rings. The van der Waals surface area contributed by atoms with E-state index < -0.39 is 0 Å². The van der Waals surface area contributed by atoms with Crippen molar-refractivity contribution in [2.45, 2.75) is 44.8 Å². The summed E-state index contributed by atoms with van der Waals surface area (Å²) in [5.41, 5.74) is 2.58. The van der Waals surface area contributed by atoms with Gasteiger partial charge in [0.15, 0.2) is 0 Å². The van der Waals surface area contributed by atoms with Crippen molar-refractivity contribution < 1.29 is 14.3 Å². The zero-order chi connectivity index (χ0) is 17.2. The van der Waals surface area contributed by atoms with Crippen LogP contribution in [0.2, 0.25) is 0 Å². The monoisotopic (exact) mass is 335 g/mol. The number of ether oxygens (including phenoxy) is 1. The lowest BCUT2D eigenvalue weighted by molar-refractivity contribution is -0.151. The van der Waals surface area contributed by atoms with Crippen LogP contribution in [0.5, 0.6) is 0 Å². The molecule has 0 radical (unpaired) electrons. The Balaban J connectivity index is 1.69. The summed E-state index contributed by atoms with van der Waals surface area (Å²) < 4.78 is 7.68. The molecule has 128 valence electrons. The van der Waals surface area contributed by atoms with Crippen LogP contribution in [0.15, 0.2) is 42.5 Å². The first-order valence-electron chi connectivity index (χ1n) is 8.92. The van der Waals surface area contributed by atoms with Crippen LogP contribution in [0.25, 0.3) is 21.8 Å². The molecule has 1 aromatic heterocycles. The Morgan fingerprint density at radius 2 is 1.80 bits per heavy atom. The van der Waals surface area contributed by atoms with Gasteiger partial charge in [-0.15, -0.1) is 0 Å². The van der Waals surface area contributed by atoms with E-state index in [1.54, 1.807) is 6.07 Å². The van der Waals surface area contributed by atoms with Gasteiger partial charge in [0.25, 0.3) is 0 Å². The number of fused-ring (bicyclic) bond motifs is 3. The minimum absolute atomic E-state index is 0.0657. The van der Waals surface area contributed by atoms with E-state index in [1.165, 1.54) is 6.42 Å². The van der Waals surface area contributed by atoms with Gasteiger partial charge in [-0.1, -0.05) is 24.6 Å². The molecule has 0 spiro atoms. The minimum Gasteiger partial charge on any atom is -0.461 e. The molecule has 1 fully saturated rings. The van der Waals surface area contributed by atoms with Crippen molar-refractivity contribution in [2.24, 2.45) is 0 Å². The third-order valence-electron chi connectivity index (χ3n) is 5.07. The molecule has 0 N–H and O–H groups in total. The number of esters is 1. The van der Waals surface area contributed by atoms with E-state index in [1.807, 2.05) is 41.0 Å². The molecule has 1 aliphatic rings. The SMILES string of the molecule is O=Cc1ccc2c(c1)c1ccccc1n2CC(=O)OC1CCCCC1. The average molecular weight is 335 g/mol. The second-order valence-corrected chi connectivity index (χ2v) is 6.75. The Bertz CT molecular complexity index is 935. The fourth-order valence-electron chi connectivity index (χ4n) is 3.85. The van der Waals surface area contributed by atoms with Crippen molar-refractivity contribution in [3.8, 4) is 0 Å². The summed E-state index contributed by atoms with van der Waals surface area (Å²) in [5.74, 6) is -0.186. The average Bonchev–Trinajstić information content (AvgIpc) is 2.96. The van der Waals surface area contributed by atoms with Crippen LogP contribution >= 0.6 is 0 Å². The van der Waals surface area contributed by atoms with Gasteiger partial charge >= 0.3 is 5.97 Å². The van der Waals surface area contributed by atoms with Gasteiger partial charge in [-0.25, -0.2) is 0 Å². The van der Waals surface area contributed by atoms with Gasteiger partial charge in [0.05, 0.1) is 0 Å². The van der Waals surface area contributed by atoms with Crippen LogP contribution in [-0.4, -0.2) is 22.9 Å². The van der Waals surface area contributed by atoms with Crippen molar-refractivity contribution in [1.29, 1.82) is 0 Å². The Hall–Kier alpha value is -2.62. The molecule has 1 heterocycles. The maximum Gasteiger partial charge on any atom is 0.326 e. The number of para-hydroxylation sites is 1. The molecule has 0 saturated heterocycles. The molecule has 0 atom stereocenters. The number of carbonyl (C=O) groups excluding carboxylic acids is 2. The summed E-state index contributed by atoms with van der Waals surface area (Å²) in [6, 6.07) is 13.5. The zero-order valence-corrected chi connectivity index (χ0v) is 14.1. The Kier molecular flexibility index (Phi) is 4.26. The van der Waals surface area contributed by atoms with Crippen LogP contribution < -0.4 is 0 Å². The maximum atomic E-state index is 12.5. The van der Waals surface area contributed by atoms with Crippen LogP contribution in [0.1, 0.15) is 42.5 Å². The number of aromatic nitrogens is 1. The zero-order valence-electron chi connectivity index (χ0n) is 14.1. The number of aldehydes is 1. The smallest absolute Gasteiger partial charge is 0.326 e. The van der Waals surface area contributed by atoms with Gasteiger partial charge in [0.1, 0.15) is 18.9 Å². The van der Waals surface area contributed by atoms with Crippen LogP contribution in [-0.2, 0) is 16.1 Å². The molecule has 2 aromatic carbocycles. The molecule has 0 aliphatic heterocycles. The summed E-state index contributed by atoms with van der Waals surface area (Å²) in [5, 5.41) is 2.04. The van der Waals surface area contributed by atoms with Crippen LogP contribution in [0.4, 0.5) is 0 Å². The summed E-state index contributed by atoms with van der Waals surface area (Å²) in [4.78, 5) is 23.6. The van der Waals surface area contributed by atoms with Gasteiger partial charge < -0.3 is 9.30 Å². The van der Waals surface area contributed by atoms with E-state index in [0.717, 1.165) is 53.8 Å². The van der Waals surface area contributed by atoms with E-state index >= 15 is 0 Å². The van der Waals surface area contributed by atoms with Gasteiger partial charge in [-0.05, 0) is 49.9 Å². The van der Waals surface area contributed by atoms with E-state index in [2.05, 4.69) is 0 Å². The lowest BCUT2D eigenvalue weighted by Crippen LogP contribution is -2.23. The van der Waals surface area contributed by atoms with Crippen LogP contribution in [0.3, 0.4) is 0 Å². The Morgan fingerprint density at radius 1 is 1.04 bits per heavy atom. The van der Waals surface area contributed by atoms with E-state index in [9.17, 15) is 9.59 Å². The fourth-order valence-corrected chi connectivity index (χ4v) is 3.85. The number of nitrogens with zero attached hydrogens (tertiary/aromatic N) is 1. The summed E-state index contributed by atoms with van der Waals surface area (Å²) >= 11 is 0. The molecule has 1 saturated carbocycles. The molecular formula is C21H21NO3. The predicted molar refractivity (Wildman–Crippen MR) is 97.8 cm³/mol. The first kappa shape index (κ1) is 15.9. The molecule has 4 rings (SSSR count). The van der Waals surface area contributed by atoms with Gasteiger partial charge in [0, 0.05) is 27.4 Å². The lowest BCUT2D eigenvalue weighted by atomic mass is 9.98. The highest BCUT2D eigenvalue weighted by molar-refractivity contribution is 6.09. The molecule has 1 aliphatic carbocycles. The van der Waals surface area contributed by atoms with Gasteiger partial charge in [-0.3, -0.25) is 9.59 Å². The van der Waals surface area contributed by atoms with Crippen molar-refractivity contribution in [3.05, 3.63) is 48.0 Å². The van der Waals surface area contributed by atoms with Crippen LogP contribution in [0, 0.1) is 0 Å². The molecule has 25 heavy (non-hydrogen) atoms. The van der Waals surface area contributed by atoms with Gasteiger partial charge in [-0.2, -0.15) is 0 Å². The number of hydrogen-bond donors (Lipinski definition) is 0. The third kappa shape index (κ3) is 3.04. The number of benzene rings is 2. The summed E-state index contributed by atoms with van der Waals surface area (Å²) in [6.45, 7) is 0.195. The van der Waals surface area contributed by atoms with E-state index in [0.29, 0.717) is 5.56 Å². The normalized spacial score (nSPS) is 15.5. The molecule has 0 amide bonds. The van der Waals surface area contributed by atoms with Crippen molar-refractivity contribution in [2.75, 3.05) is 0 Å². The molecule has 0 bridgehead atoms. The van der Waals surface area contributed by atoms with Gasteiger partial charge in [0.2, 0.25) is 0 Å². The van der Waals surface area contributed by atoms with Crippen molar-refractivity contribution in [1.82, 2.24) is 4.57 Å². The standard InChI is InChI=1S/C21H21NO3/c23-14-15-10-11-20-18(12-15)17-8-4-5-9-19(17)22(20)13-21(24)25-16-6-2-1-3-7-16/h4-5,8-12,14,16H,1-3,6-7,13H2.